The molecule has 7 heteroatoms. The van der Waals surface area contributed by atoms with Crippen LogP contribution in [0.15, 0.2) is 48.5 Å². The number of aromatic nitrogens is 1. The zero-order valence-corrected chi connectivity index (χ0v) is 23.1. The van der Waals surface area contributed by atoms with Crippen molar-refractivity contribution in [3.05, 3.63) is 70.9 Å². The third-order valence-corrected chi connectivity index (χ3v) is 8.11. The Balaban J connectivity index is 1.47. The fourth-order valence-electron chi connectivity index (χ4n) is 6.10. The molecule has 1 aromatic heterocycles. The van der Waals surface area contributed by atoms with Crippen LogP contribution in [0.3, 0.4) is 0 Å². The second-order valence-electron chi connectivity index (χ2n) is 11.0. The molecular formula is C31H40N4O3. The lowest BCUT2D eigenvalue weighted by Gasteiger charge is -2.34. The zero-order chi connectivity index (χ0) is 26.8. The van der Waals surface area contributed by atoms with Gasteiger partial charge >= 0.3 is 0 Å². The summed E-state index contributed by atoms with van der Waals surface area (Å²) in [6.07, 6.45) is 1.48. The first-order valence-electron chi connectivity index (χ1n) is 13.9. The van der Waals surface area contributed by atoms with E-state index in [0.29, 0.717) is 18.5 Å². The zero-order valence-electron chi connectivity index (χ0n) is 23.1. The van der Waals surface area contributed by atoms with Gasteiger partial charge in [0.05, 0.1) is 19.3 Å². The Morgan fingerprint density at radius 2 is 1.79 bits per heavy atom. The number of hydrogen-bond donors (Lipinski definition) is 1. The number of aryl methyl sites for hydroxylation is 1. The lowest BCUT2D eigenvalue weighted by Crippen LogP contribution is -2.50. The number of carbonyl (C=O) groups excluding carboxylic acids is 2. The molecule has 7 nitrogen and oxygen atoms in total. The predicted octanol–water partition coefficient (Wildman–Crippen LogP) is 4.29. The van der Waals surface area contributed by atoms with Crippen LogP contribution in [-0.4, -0.2) is 71.6 Å². The second kappa shape index (κ2) is 11.3. The highest BCUT2D eigenvalue weighted by Gasteiger charge is 2.45. The summed E-state index contributed by atoms with van der Waals surface area (Å²) in [5, 5.41) is 4.31. The van der Waals surface area contributed by atoms with Gasteiger partial charge in [0.25, 0.3) is 5.91 Å². The Morgan fingerprint density at radius 3 is 2.55 bits per heavy atom. The Hall–Kier alpha value is -3.16. The minimum atomic E-state index is -0.554. The van der Waals surface area contributed by atoms with Crippen LogP contribution in [0, 0.1) is 12.8 Å². The molecule has 2 aliphatic rings. The molecule has 0 saturated carbocycles. The lowest BCUT2D eigenvalue weighted by molar-refractivity contribution is -0.126. The number of nitrogens with zero attached hydrogens (tertiary/aromatic N) is 3. The fraction of sp³-hybridized carbons (Fsp3) is 0.484. The summed E-state index contributed by atoms with van der Waals surface area (Å²) in [4.78, 5) is 32.1. The van der Waals surface area contributed by atoms with Gasteiger partial charge in [0, 0.05) is 54.4 Å². The van der Waals surface area contributed by atoms with Crippen LogP contribution in [0.1, 0.15) is 59.9 Å². The van der Waals surface area contributed by atoms with Crippen LogP contribution in [0.25, 0.3) is 10.9 Å². The van der Waals surface area contributed by atoms with E-state index < -0.39 is 6.04 Å². The number of benzene rings is 2. The Bertz CT molecular complexity index is 1310. The van der Waals surface area contributed by atoms with Crippen LogP contribution in [0.4, 0.5) is 0 Å². The molecule has 38 heavy (non-hydrogen) atoms. The molecule has 3 heterocycles. The maximum absolute atomic E-state index is 14.0. The number of amides is 2. The van der Waals surface area contributed by atoms with E-state index in [0.717, 1.165) is 67.0 Å². The molecule has 0 radical (unpaired) electrons. The number of ether oxygens (including phenoxy) is 1. The summed E-state index contributed by atoms with van der Waals surface area (Å²) in [6.45, 7) is 11.3. The van der Waals surface area contributed by atoms with Gasteiger partial charge < -0.3 is 19.5 Å². The summed E-state index contributed by atoms with van der Waals surface area (Å²) in [5.41, 5.74) is 5.02. The predicted molar refractivity (Wildman–Crippen MR) is 150 cm³/mol. The van der Waals surface area contributed by atoms with E-state index in [1.807, 2.05) is 41.3 Å². The van der Waals surface area contributed by atoms with Crippen molar-refractivity contribution >= 4 is 22.7 Å². The molecule has 2 aliphatic heterocycles. The molecule has 0 bridgehead atoms. The van der Waals surface area contributed by atoms with Gasteiger partial charge in [0.1, 0.15) is 6.04 Å². The number of rotatable bonds is 9. The molecule has 1 fully saturated rings. The van der Waals surface area contributed by atoms with Crippen LogP contribution < -0.4 is 5.32 Å². The molecule has 0 spiro atoms. The highest BCUT2D eigenvalue weighted by atomic mass is 16.5. The first-order valence-corrected chi connectivity index (χ1v) is 13.9. The summed E-state index contributed by atoms with van der Waals surface area (Å²) < 4.78 is 7.63. The van der Waals surface area contributed by atoms with Crippen molar-refractivity contribution in [2.45, 2.75) is 45.7 Å². The highest BCUT2D eigenvalue weighted by Crippen LogP contribution is 2.45. The Kier molecular flexibility index (Phi) is 7.86. The van der Waals surface area contributed by atoms with Gasteiger partial charge in [-0.15, -0.1) is 0 Å². The average molecular weight is 517 g/mol. The molecule has 5 rings (SSSR count). The van der Waals surface area contributed by atoms with Crippen molar-refractivity contribution in [1.82, 2.24) is 19.7 Å². The largest absolute Gasteiger partial charge is 0.379 e. The third-order valence-electron chi connectivity index (χ3n) is 8.11. The minimum Gasteiger partial charge on any atom is -0.379 e. The van der Waals surface area contributed by atoms with Crippen molar-refractivity contribution in [3.8, 4) is 0 Å². The van der Waals surface area contributed by atoms with Crippen molar-refractivity contribution < 1.29 is 14.3 Å². The summed E-state index contributed by atoms with van der Waals surface area (Å²) >= 11 is 0. The van der Waals surface area contributed by atoms with Gasteiger partial charge in [0.15, 0.2) is 0 Å². The molecule has 2 amide bonds. The molecule has 1 saturated heterocycles. The van der Waals surface area contributed by atoms with E-state index >= 15 is 0 Å². The van der Waals surface area contributed by atoms with E-state index in [4.69, 9.17) is 4.74 Å². The van der Waals surface area contributed by atoms with Gasteiger partial charge in [0.2, 0.25) is 5.91 Å². The molecular weight excluding hydrogens is 476 g/mol. The van der Waals surface area contributed by atoms with E-state index in [1.54, 1.807) is 0 Å². The van der Waals surface area contributed by atoms with Gasteiger partial charge in [-0.25, -0.2) is 0 Å². The normalized spacial score (nSPS) is 18.8. The smallest absolute Gasteiger partial charge is 0.255 e. The molecule has 2 aromatic carbocycles. The molecule has 1 N–H and O–H groups in total. The number of fused-ring (bicyclic) bond motifs is 2. The lowest BCUT2D eigenvalue weighted by atomic mass is 9.93. The summed E-state index contributed by atoms with van der Waals surface area (Å²) in [5.74, 6) is 0.127. The Morgan fingerprint density at radius 1 is 1.08 bits per heavy atom. The molecule has 202 valence electrons. The maximum atomic E-state index is 14.0. The van der Waals surface area contributed by atoms with Crippen molar-refractivity contribution in [2.24, 2.45) is 13.0 Å². The Labute approximate surface area is 225 Å². The monoisotopic (exact) mass is 516 g/mol. The standard InChI is InChI=1S/C31H40N4O3/c1-21(2)20-27(30(36)32-14-9-15-34-16-18-38-19-17-34)35-29(23-10-5-6-11-24(23)31(35)37)28-22(3)33(4)26-13-8-7-12-25(26)28/h5-8,10-13,21,27,29H,9,14-20H2,1-4H3,(H,32,36). The highest BCUT2D eigenvalue weighted by molar-refractivity contribution is 6.03. The van der Waals surface area contributed by atoms with Crippen molar-refractivity contribution in [3.63, 3.8) is 0 Å². The van der Waals surface area contributed by atoms with Crippen molar-refractivity contribution in [1.29, 1.82) is 0 Å². The van der Waals surface area contributed by atoms with E-state index in [2.05, 4.69) is 54.7 Å². The second-order valence-corrected chi connectivity index (χ2v) is 11.0. The number of morpholine rings is 1. The number of para-hydroxylation sites is 1. The molecule has 2 unspecified atom stereocenters. The quantitative estimate of drug-likeness (QED) is 0.431. The summed E-state index contributed by atoms with van der Waals surface area (Å²) in [7, 11) is 2.07. The maximum Gasteiger partial charge on any atom is 0.255 e. The minimum absolute atomic E-state index is 0.0629. The topological polar surface area (TPSA) is 66.8 Å². The van der Waals surface area contributed by atoms with Gasteiger partial charge in [-0.05, 0) is 49.9 Å². The first kappa shape index (κ1) is 26.4. The van der Waals surface area contributed by atoms with E-state index in [9.17, 15) is 9.59 Å². The van der Waals surface area contributed by atoms with E-state index in [-0.39, 0.29) is 23.8 Å². The van der Waals surface area contributed by atoms with Gasteiger partial charge in [-0.2, -0.15) is 0 Å². The number of carbonyl (C=O) groups is 2. The van der Waals surface area contributed by atoms with Crippen LogP contribution in [0.2, 0.25) is 0 Å². The SMILES string of the molecule is Cc1c(C2c3ccccc3C(=O)N2C(CC(C)C)C(=O)NCCCN2CCOCC2)c2ccccc2n1C. The van der Waals surface area contributed by atoms with Crippen molar-refractivity contribution in [2.75, 3.05) is 39.4 Å². The summed E-state index contributed by atoms with van der Waals surface area (Å²) in [6, 6.07) is 15.3. The fourth-order valence-corrected chi connectivity index (χ4v) is 6.10. The third kappa shape index (κ3) is 4.97. The average Bonchev–Trinajstić information content (AvgIpc) is 3.35. The number of nitrogens with one attached hydrogen (secondary N) is 1. The van der Waals surface area contributed by atoms with Crippen LogP contribution >= 0.6 is 0 Å². The van der Waals surface area contributed by atoms with Crippen LogP contribution in [-0.2, 0) is 16.6 Å². The van der Waals surface area contributed by atoms with E-state index in [1.165, 1.54) is 0 Å². The molecule has 2 atom stereocenters. The number of hydrogen-bond acceptors (Lipinski definition) is 4. The first-order chi connectivity index (χ1) is 18.4. The molecule has 3 aromatic rings. The molecule has 0 aliphatic carbocycles. The van der Waals surface area contributed by atoms with Gasteiger partial charge in [-0.3, -0.25) is 14.5 Å². The van der Waals surface area contributed by atoms with Crippen LogP contribution in [0.5, 0.6) is 0 Å². The van der Waals surface area contributed by atoms with Gasteiger partial charge in [-0.1, -0.05) is 50.2 Å².